The summed E-state index contributed by atoms with van der Waals surface area (Å²) in [4.78, 5) is 16.1. The van der Waals surface area contributed by atoms with Gasteiger partial charge in [-0.25, -0.2) is 12.8 Å². The summed E-state index contributed by atoms with van der Waals surface area (Å²) < 4.78 is 41.6. The molecular weight excluding hydrogens is 411 g/mol. The van der Waals surface area contributed by atoms with Crippen molar-refractivity contribution >= 4 is 33.0 Å². The third-order valence-corrected chi connectivity index (χ3v) is 9.08. The van der Waals surface area contributed by atoms with Crippen molar-refractivity contribution in [1.82, 2.24) is 4.31 Å². The number of nitrogens with zero attached hydrogens (tertiary/aromatic N) is 2. The zero-order valence-electron chi connectivity index (χ0n) is 16.7. The number of hydrogen-bond donors (Lipinski definition) is 0. The third kappa shape index (κ3) is 3.85. The molecule has 2 aliphatic rings. The van der Waals surface area contributed by atoms with Crippen LogP contribution in [0.5, 0.6) is 0 Å². The molecule has 3 heterocycles. The van der Waals surface area contributed by atoms with Gasteiger partial charge in [-0.3, -0.25) is 4.79 Å². The van der Waals surface area contributed by atoms with E-state index in [4.69, 9.17) is 0 Å². The highest BCUT2D eigenvalue weighted by atomic mass is 32.2. The van der Waals surface area contributed by atoms with Crippen molar-refractivity contribution in [3.63, 3.8) is 0 Å². The molecule has 29 heavy (non-hydrogen) atoms. The lowest BCUT2D eigenvalue weighted by molar-refractivity contribution is -0.123. The summed E-state index contributed by atoms with van der Waals surface area (Å²) in [5.74, 6) is -0.713. The molecule has 0 radical (unpaired) electrons. The van der Waals surface area contributed by atoms with E-state index in [1.165, 1.54) is 27.8 Å². The van der Waals surface area contributed by atoms with Crippen molar-refractivity contribution in [2.45, 2.75) is 43.7 Å². The van der Waals surface area contributed by atoms with Crippen molar-refractivity contribution in [1.29, 1.82) is 0 Å². The van der Waals surface area contributed by atoms with Gasteiger partial charge in [0, 0.05) is 30.2 Å². The van der Waals surface area contributed by atoms with Crippen LogP contribution in [-0.4, -0.2) is 38.3 Å². The number of anilines is 1. The lowest BCUT2D eigenvalue weighted by Crippen LogP contribution is -2.48. The number of thiophene rings is 1. The smallest absolute Gasteiger partial charge is 0.252 e. The number of carbonyl (C=O) groups is 1. The Morgan fingerprint density at radius 3 is 2.69 bits per heavy atom. The first-order valence-electron chi connectivity index (χ1n) is 9.94. The Morgan fingerprint density at radius 1 is 1.17 bits per heavy atom. The van der Waals surface area contributed by atoms with Crippen molar-refractivity contribution < 1.29 is 17.6 Å². The van der Waals surface area contributed by atoms with Crippen molar-refractivity contribution in [2.24, 2.45) is 5.92 Å². The van der Waals surface area contributed by atoms with Crippen LogP contribution in [-0.2, 0) is 21.2 Å². The van der Waals surface area contributed by atoms with Crippen LogP contribution in [0.3, 0.4) is 0 Å². The highest BCUT2D eigenvalue weighted by Crippen LogP contribution is 2.35. The normalized spacial score (nSPS) is 20.5. The molecule has 1 saturated heterocycles. The van der Waals surface area contributed by atoms with E-state index in [9.17, 15) is 17.6 Å². The first-order valence-corrected chi connectivity index (χ1v) is 12.2. The summed E-state index contributed by atoms with van der Waals surface area (Å²) in [5, 5.41) is 0. The number of piperidine rings is 1. The van der Waals surface area contributed by atoms with Gasteiger partial charge in [-0.15, -0.1) is 11.3 Å². The monoisotopic (exact) mass is 436 g/mol. The molecule has 1 amide bonds. The van der Waals surface area contributed by atoms with Gasteiger partial charge in [-0.05, 0) is 74.9 Å². The Bertz CT molecular complexity index is 1050. The summed E-state index contributed by atoms with van der Waals surface area (Å²) >= 11 is 1.26. The molecule has 156 valence electrons. The van der Waals surface area contributed by atoms with E-state index >= 15 is 0 Å². The number of hydrogen-bond acceptors (Lipinski definition) is 4. The Labute approximate surface area is 175 Å². The first-order chi connectivity index (χ1) is 13.8. The third-order valence-electron chi connectivity index (χ3n) is 5.75. The average Bonchev–Trinajstić information content (AvgIpc) is 3.14. The standard InChI is InChI=1S/C21H25FN2O3S2/c1-14-11-18(22)12-16-5-4-10-24(20(14)16)21(25)17-6-3-9-23(13-17)29(26,27)19-8-7-15(2)28-19/h7-8,11-12,17H,3-6,9-10,13H2,1-2H3. The molecule has 1 aromatic heterocycles. The second-order valence-electron chi connectivity index (χ2n) is 7.89. The molecular formula is C21H25FN2O3S2. The van der Waals surface area contributed by atoms with E-state index in [0.717, 1.165) is 34.5 Å². The number of halogens is 1. The van der Waals surface area contributed by atoms with Crippen LogP contribution in [0.2, 0.25) is 0 Å². The zero-order valence-corrected chi connectivity index (χ0v) is 18.3. The van der Waals surface area contributed by atoms with Gasteiger partial charge in [0.1, 0.15) is 10.0 Å². The molecule has 1 atom stereocenters. The lowest BCUT2D eigenvalue weighted by atomic mass is 9.93. The van der Waals surface area contributed by atoms with E-state index in [-0.39, 0.29) is 24.2 Å². The molecule has 1 fully saturated rings. The van der Waals surface area contributed by atoms with E-state index in [1.54, 1.807) is 17.0 Å². The fourth-order valence-corrected chi connectivity index (χ4v) is 7.36. The summed E-state index contributed by atoms with van der Waals surface area (Å²) in [6.45, 7) is 4.93. The highest BCUT2D eigenvalue weighted by molar-refractivity contribution is 7.91. The van der Waals surface area contributed by atoms with Crippen LogP contribution in [0.25, 0.3) is 0 Å². The maximum Gasteiger partial charge on any atom is 0.252 e. The number of amides is 1. The van der Waals surface area contributed by atoms with Crippen LogP contribution in [0.4, 0.5) is 10.1 Å². The summed E-state index contributed by atoms with van der Waals surface area (Å²) in [6.07, 6.45) is 2.86. The van der Waals surface area contributed by atoms with Gasteiger partial charge in [0.05, 0.1) is 5.92 Å². The summed E-state index contributed by atoms with van der Waals surface area (Å²) in [7, 11) is -3.58. The molecule has 8 heteroatoms. The lowest BCUT2D eigenvalue weighted by Gasteiger charge is -2.37. The molecule has 2 aliphatic heterocycles. The zero-order chi connectivity index (χ0) is 20.8. The maximum absolute atomic E-state index is 13.8. The second-order valence-corrected chi connectivity index (χ2v) is 11.3. The first kappa shape index (κ1) is 20.5. The molecule has 4 rings (SSSR count). The van der Waals surface area contributed by atoms with Crippen molar-refractivity contribution in [3.05, 3.63) is 46.1 Å². The molecule has 0 bridgehead atoms. The number of rotatable bonds is 3. The number of sulfonamides is 1. The quantitative estimate of drug-likeness (QED) is 0.734. The Hall–Kier alpha value is -1.77. The van der Waals surface area contributed by atoms with E-state index in [2.05, 4.69) is 0 Å². The molecule has 0 saturated carbocycles. The van der Waals surface area contributed by atoms with Gasteiger partial charge in [-0.1, -0.05) is 0 Å². The predicted octanol–water partition coefficient (Wildman–Crippen LogP) is 3.88. The van der Waals surface area contributed by atoms with E-state index < -0.39 is 10.0 Å². The molecule has 1 aromatic carbocycles. The topological polar surface area (TPSA) is 57.7 Å². The van der Waals surface area contributed by atoms with E-state index in [0.29, 0.717) is 30.1 Å². The maximum atomic E-state index is 13.8. The van der Waals surface area contributed by atoms with Gasteiger partial charge in [-0.2, -0.15) is 4.31 Å². The molecule has 0 N–H and O–H groups in total. The van der Waals surface area contributed by atoms with Crippen molar-refractivity contribution in [2.75, 3.05) is 24.5 Å². The Balaban J connectivity index is 1.58. The number of aryl methyl sites for hydroxylation is 3. The largest absolute Gasteiger partial charge is 0.312 e. The average molecular weight is 437 g/mol. The van der Waals surface area contributed by atoms with Gasteiger partial charge in [0.15, 0.2) is 0 Å². The van der Waals surface area contributed by atoms with Crippen LogP contribution in [0.1, 0.15) is 35.3 Å². The number of carbonyl (C=O) groups excluding carboxylic acids is 1. The summed E-state index contributed by atoms with van der Waals surface area (Å²) in [5.41, 5.74) is 2.41. The van der Waals surface area contributed by atoms with Gasteiger partial charge < -0.3 is 4.90 Å². The molecule has 2 aromatic rings. The van der Waals surface area contributed by atoms with Gasteiger partial charge in [0.2, 0.25) is 5.91 Å². The Kier molecular flexibility index (Phi) is 5.52. The van der Waals surface area contributed by atoms with Gasteiger partial charge >= 0.3 is 0 Å². The van der Waals surface area contributed by atoms with Crippen LogP contribution in [0.15, 0.2) is 28.5 Å². The summed E-state index contributed by atoms with van der Waals surface area (Å²) in [6, 6.07) is 6.41. The molecule has 5 nitrogen and oxygen atoms in total. The van der Waals surface area contributed by atoms with Crippen LogP contribution < -0.4 is 4.90 Å². The molecule has 1 unspecified atom stereocenters. The van der Waals surface area contributed by atoms with Crippen molar-refractivity contribution in [3.8, 4) is 0 Å². The fourth-order valence-electron chi connectivity index (χ4n) is 4.40. The SMILES string of the molecule is Cc1ccc(S(=O)(=O)N2CCCC(C(=O)N3CCCc4cc(F)cc(C)c43)C2)s1. The fraction of sp³-hybridized carbons (Fsp3) is 0.476. The predicted molar refractivity (Wildman–Crippen MR) is 112 cm³/mol. The number of benzene rings is 1. The minimum atomic E-state index is -3.58. The van der Waals surface area contributed by atoms with Crippen LogP contribution in [0, 0.1) is 25.6 Å². The highest BCUT2D eigenvalue weighted by Gasteiger charge is 2.37. The number of fused-ring (bicyclic) bond motifs is 1. The minimum Gasteiger partial charge on any atom is -0.312 e. The van der Waals surface area contributed by atoms with E-state index in [1.807, 2.05) is 13.8 Å². The second kappa shape index (κ2) is 7.81. The van der Waals surface area contributed by atoms with Gasteiger partial charge in [0.25, 0.3) is 10.0 Å². The molecule has 0 aliphatic carbocycles. The van der Waals surface area contributed by atoms with Crippen LogP contribution >= 0.6 is 11.3 Å². The minimum absolute atomic E-state index is 0.0529. The Morgan fingerprint density at radius 2 is 1.97 bits per heavy atom. The molecule has 0 spiro atoms.